The van der Waals surface area contributed by atoms with Crippen LogP contribution in [0.15, 0.2) is 34.1 Å². The first kappa shape index (κ1) is 20.9. The highest BCUT2D eigenvalue weighted by Gasteiger charge is 2.26. The van der Waals surface area contributed by atoms with Gasteiger partial charge in [-0.15, -0.1) is 0 Å². The van der Waals surface area contributed by atoms with Crippen molar-refractivity contribution < 1.29 is 4.79 Å². The molecular weight excluding hydrogens is 398 g/mol. The van der Waals surface area contributed by atoms with Crippen LogP contribution in [0, 0.1) is 6.92 Å². The number of carbonyl (C=O) groups excluding carboxylic acids is 1. The first-order valence-electron chi connectivity index (χ1n) is 10.5. The number of aromatic nitrogens is 2. The quantitative estimate of drug-likeness (QED) is 0.554. The summed E-state index contributed by atoms with van der Waals surface area (Å²) in [6.45, 7) is 6.10. The molecule has 2 aromatic rings. The summed E-state index contributed by atoms with van der Waals surface area (Å²) in [6, 6.07) is 8.13. The van der Waals surface area contributed by atoms with Gasteiger partial charge in [0.25, 0.3) is 0 Å². The van der Waals surface area contributed by atoms with Gasteiger partial charge in [0, 0.05) is 38.3 Å². The molecule has 1 N–H and O–H groups in total. The minimum Gasteiger partial charge on any atom is -0.351 e. The van der Waals surface area contributed by atoms with E-state index in [1.165, 1.54) is 17.3 Å². The molecule has 0 unspecified atom stereocenters. The highest BCUT2D eigenvalue weighted by molar-refractivity contribution is 7.99. The maximum absolute atomic E-state index is 12.8. The topological polar surface area (TPSA) is 70.5 Å². The van der Waals surface area contributed by atoms with Gasteiger partial charge in [-0.05, 0) is 38.8 Å². The summed E-state index contributed by atoms with van der Waals surface area (Å²) in [5.41, 5.74) is 4.29. The van der Waals surface area contributed by atoms with Gasteiger partial charge in [0.15, 0.2) is 0 Å². The average Bonchev–Trinajstić information content (AvgIpc) is 3.22. The fraction of sp³-hybridized carbons (Fsp3) is 0.500. The van der Waals surface area contributed by atoms with Gasteiger partial charge in [-0.1, -0.05) is 41.6 Å². The molecular formula is C22H29N5O2S. The Balaban J connectivity index is 1.41. The van der Waals surface area contributed by atoms with Crippen LogP contribution in [0.3, 0.4) is 0 Å². The normalized spacial score (nSPS) is 16.5. The van der Waals surface area contributed by atoms with Gasteiger partial charge in [0.1, 0.15) is 5.03 Å². The van der Waals surface area contributed by atoms with E-state index in [-0.39, 0.29) is 17.3 Å². The molecule has 0 spiro atoms. The summed E-state index contributed by atoms with van der Waals surface area (Å²) in [7, 11) is 2.10. The van der Waals surface area contributed by atoms with Gasteiger partial charge < -0.3 is 15.2 Å². The van der Waals surface area contributed by atoms with Crippen molar-refractivity contribution in [2.75, 3.05) is 44.0 Å². The predicted octanol–water partition coefficient (Wildman–Crippen LogP) is 1.33. The molecule has 1 saturated heterocycles. The number of fused-ring (bicyclic) bond motifs is 1. The van der Waals surface area contributed by atoms with E-state index < -0.39 is 0 Å². The lowest BCUT2D eigenvalue weighted by molar-refractivity contribution is -0.118. The second kappa shape index (κ2) is 9.22. The lowest BCUT2D eigenvalue weighted by Gasteiger charge is -2.35. The second-order valence-corrected chi connectivity index (χ2v) is 9.06. The second-order valence-electron chi connectivity index (χ2n) is 8.10. The first-order valence-corrected chi connectivity index (χ1v) is 11.5. The van der Waals surface area contributed by atoms with E-state index in [1.807, 2.05) is 31.2 Å². The van der Waals surface area contributed by atoms with Crippen molar-refractivity contribution in [2.45, 2.75) is 37.8 Å². The van der Waals surface area contributed by atoms with Gasteiger partial charge >= 0.3 is 5.69 Å². The highest BCUT2D eigenvalue weighted by atomic mass is 32.2. The van der Waals surface area contributed by atoms with E-state index in [1.54, 1.807) is 4.68 Å². The SMILES string of the molecule is Cc1ccc(CNC(=O)CSc2nc(=O)n(N3CCN(C)CC3)c3c2CCC3)cc1. The number of likely N-dealkylation sites (N-methyl/N-ethyl adjacent to an activating group) is 1. The van der Waals surface area contributed by atoms with Crippen LogP contribution in [0.4, 0.5) is 0 Å². The summed E-state index contributed by atoms with van der Waals surface area (Å²) in [6.07, 6.45) is 2.84. The molecule has 2 aliphatic rings. The van der Waals surface area contributed by atoms with Crippen molar-refractivity contribution in [1.29, 1.82) is 0 Å². The summed E-state index contributed by atoms with van der Waals surface area (Å²) < 4.78 is 1.80. The zero-order chi connectivity index (χ0) is 21.1. The fourth-order valence-corrected chi connectivity index (χ4v) is 4.91. The van der Waals surface area contributed by atoms with Crippen molar-refractivity contribution in [1.82, 2.24) is 19.9 Å². The maximum Gasteiger partial charge on any atom is 0.367 e. The number of benzene rings is 1. The largest absolute Gasteiger partial charge is 0.367 e. The Hall–Kier alpha value is -2.32. The van der Waals surface area contributed by atoms with Crippen LogP contribution in [-0.2, 0) is 24.2 Å². The van der Waals surface area contributed by atoms with E-state index in [0.717, 1.165) is 67.3 Å². The van der Waals surface area contributed by atoms with Crippen LogP contribution in [-0.4, -0.2) is 59.4 Å². The van der Waals surface area contributed by atoms with Crippen LogP contribution in [0.5, 0.6) is 0 Å². The average molecular weight is 428 g/mol. The smallest absolute Gasteiger partial charge is 0.351 e. The molecule has 1 amide bonds. The van der Waals surface area contributed by atoms with Crippen LogP contribution in [0.1, 0.15) is 28.8 Å². The van der Waals surface area contributed by atoms with Gasteiger partial charge in [0.2, 0.25) is 5.91 Å². The molecule has 7 nitrogen and oxygen atoms in total. The Labute approximate surface area is 181 Å². The minimum absolute atomic E-state index is 0.0441. The summed E-state index contributed by atoms with van der Waals surface area (Å²) in [4.78, 5) is 31.8. The summed E-state index contributed by atoms with van der Waals surface area (Å²) in [5.74, 6) is 0.223. The molecule has 2 heterocycles. The molecule has 8 heteroatoms. The molecule has 30 heavy (non-hydrogen) atoms. The lowest BCUT2D eigenvalue weighted by Crippen LogP contribution is -2.54. The number of amides is 1. The molecule has 1 aliphatic heterocycles. The number of aryl methyl sites for hydroxylation is 1. The van der Waals surface area contributed by atoms with Crippen molar-refractivity contribution in [3.8, 4) is 0 Å². The van der Waals surface area contributed by atoms with Gasteiger partial charge in [-0.3, -0.25) is 4.79 Å². The summed E-state index contributed by atoms with van der Waals surface area (Å²) >= 11 is 1.38. The fourth-order valence-electron chi connectivity index (χ4n) is 4.01. The Morgan fingerprint density at radius 2 is 1.87 bits per heavy atom. The van der Waals surface area contributed by atoms with Crippen LogP contribution < -0.4 is 16.0 Å². The van der Waals surface area contributed by atoms with Crippen molar-refractivity contribution in [2.24, 2.45) is 0 Å². The molecule has 0 bridgehead atoms. The maximum atomic E-state index is 12.8. The standard InChI is InChI=1S/C22H29N5O2S/c1-16-6-8-17(9-7-16)14-23-20(28)15-30-21-18-4-3-5-19(18)27(22(29)24-21)26-12-10-25(2)11-13-26/h6-9H,3-5,10-15H2,1-2H3,(H,23,28). The summed E-state index contributed by atoms with van der Waals surface area (Å²) in [5, 5.41) is 5.81. The first-order chi connectivity index (χ1) is 14.5. The number of nitrogens with one attached hydrogen (secondary N) is 1. The molecule has 1 aliphatic carbocycles. The number of carbonyl (C=O) groups is 1. The molecule has 0 atom stereocenters. The van der Waals surface area contributed by atoms with Crippen molar-refractivity contribution in [3.63, 3.8) is 0 Å². The van der Waals surface area contributed by atoms with E-state index in [0.29, 0.717) is 6.54 Å². The third-order valence-corrected chi connectivity index (χ3v) is 6.81. The predicted molar refractivity (Wildman–Crippen MR) is 120 cm³/mol. The third-order valence-electron chi connectivity index (χ3n) is 5.79. The third kappa shape index (κ3) is 4.70. The molecule has 1 aromatic heterocycles. The van der Waals surface area contributed by atoms with E-state index in [2.05, 4.69) is 27.3 Å². The van der Waals surface area contributed by atoms with Gasteiger partial charge in [0.05, 0.1) is 11.4 Å². The number of hydrogen-bond donors (Lipinski definition) is 1. The molecule has 0 saturated carbocycles. The Bertz CT molecular complexity index is 965. The highest BCUT2D eigenvalue weighted by Crippen LogP contribution is 2.29. The van der Waals surface area contributed by atoms with Crippen LogP contribution >= 0.6 is 11.8 Å². The number of nitrogens with zero attached hydrogens (tertiary/aromatic N) is 4. The number of piperazine rings is 1. The Morgan fingerprint density at radius 1 is 1.13 bits per heavy atom. The van der Waals surface area contributed by atoms with Gasteiger partial charge in [-0.25, -0.2) is 9.47 Å². The molecule has 1 fully saturated rings. The van der Waals surface area contributed by atoms with Gasteiger partial charge in [-0.2, -0.15) is 4.98 Å². The lowest BCUT2D eigenvalue weighted by atomic mass is 10.1. The molecule has 160 valence electrons. The van der Waals surface area contributed by atoms with Crippen molar-refractivity contribution >= 4 is 17.7 Å². The molecule has 0 radical (unpaired) electrons. The van der Waals surface area contributed by atoms with E-state index in [9.17, 15) is 9.59 Å². The number of rotatable bonds is 6. The van der Waals surface area contributed by atoms with Crippen LogP contribution in [0.25, 0.3) is 0 Å². The van der Waals surface area contributed by atoms with Crippen molar-refractivity contribution in [3.05, 3.63) is 57.1 Å². The molecule has 1 aromatic carbocycles. The molecule has 4 rings (SSSR count). The number of thioether (sulfide) groups is 1. The van der Waals surface area contributed by atoms with E-state index in [4.69, 9.17) is 0 Å². The Kier molecular flexibility index (Phi) is 6.43. The minimum atomic E-state index is -0.220. The van der Waals surface area contributed by atoms with Crippen LogP contribution in [0.2, 0.25) is 0 Å². The zero-order valence-corrected chi connectivity index (χ0v) is 18.5. The monoisotopic (exact) mass is 427 g/mol. The zero-order valence-electron chi connectivity index (χ0n) is 17.7. The number of hydrogen-bond acceptors (Lipinski definition) is 6. The van der Waals surface area contributed by atoms with E-state index >= 15 is 0 Å². The Morgan fingerprint density at radius 3 is 2.60 bits per heavy atom.